The number of halogens is 2. The number of thiazole rings is 1. The average Bonchev–Trinajstić information content (AvgIpc) is 3.41. The number of rotatable bonds is 9. The van der Waals surface area contributed by atoms with E-state index >= 15 is 0 Å². The molecule has 0 saturated heterocycles. The van der Waals surface area contributed by atoms with Crippen LogP contribution in [0, 0.1) is 17.3 Å². The first-order chi connectivity index (χ1) is 23.4. The summed E-state index contributed by atoms with van der Waals surface area (Å²) in [6, 6.07) is 15.5. The van der Waals surface area contributed by atoms with Gasteiger partial charge in [-0.3, -0.25) is 14.2 Å². The largest absolute Gasteiger partial charge is 0.463 e. The second-order valence-corrected chi connectivity index (χ2v) is 14.0. The molecule has 0 N–H and O–H groups in total. The summed E-state index contributed by atoms with van der Waals surface area (Å²) >= 11 is 12.8. The molecule has 2 aliphatic rings. The lowest BCUT2D eigenvalue weighted by Crippen LogP contribution is -2.39. The van der Waals surface area contributed by atoms with Crippen molar-refractivity contribution in [1.82, 2.24) is 4.57 Å². The Balaban J connectivity index is 1.29. The quantitative estimate of drug-likeness (QED) is 0.150. The van der Waals surface area contributed by atoms with Crippen molar-refractivity contribution in [3.8, 4) is 11.5 Å². The first-order valence-corrected chi connectivity index (χ1v) is 16.9. The van der Waals surface area contributed by atoms with Crippen molar-refractivity contribution in [2.24, 2.45) is 22.2 Å². The molecule has 1 fully saturated rings. The lowest BCUT2D eigenvalue weighted by Gasteiger charge is -2.24. The average molecular weight is 722 g/mol. The SMILES string of the molecule is CCOC(=O)C1=C(C)N=c2s/c(=C/c3ccc(OC(=O)[C@@H]4[C@H](C=C(Cl)Cl)C4(C)C)cc3)c(=O)n2[C@H]1c1ccc(OC(=O)c2ccco2)cc1. The highest BCUT2D eigenvalue weighted by Crippen LogP contribution is 2.60. The number of fused-ring (bicyclic) bond motifs is 1. The van der Waals surface area contributed by atoms with E-state index in [4.69, 9.17) is 41.8 Å². The first-order valence-electron chi connectivity index (χ1n) is 15.3. The minimum atomic E-state index is -0.854. The molecule has 0 spiro atoms. The van der Waals surface area contributed by atoms with Crippen LogP contribution >= 0.6 is 34.5 Å². The van der Waals surface area contributed by atoms with Gasteiger partial charge in [0.15, 0.2) is 4.80 Å². The molecule has 4 aromatic rings. The Morgan fingerprint density at radius 2 is 1.67 bits per heavy atom. The molecule has 13 heteroatoms. The van der Waals surface area contributed by atoms with Crippen molar-refractivity contribution in [3.05, 3.63) is 125 Å². The molecule has 49 heavy (non-hydrogen) atoms. The van der Waals surface area contributed by atoms with Gasteiger partial charge in [-0.15, -0.1) is 0 Å². The number of furan rings is 1. The summed E-state index contributed by atoms with van der Waals surface area (Å²) in [5.74, 6) is -1.45. The van der Waals surface area contributed by atoms with Crippen LogP contribution in [-0.4, -0.2) is 29.1 Å². The summed E-state index contributed by atoms with van der Waals surface area (Å²) in [6.07, 6.45) is 4.74. The van der Waals surface area contributed by atoms with E-state index in [1.54, 1.807) is 80.6 Å². The van der Waals surface area contributed by atoms with E-state index in [1.165, 1.54) is 28.2 Å². The number of allylic oxidation sites excluding steroid dienone is 2. The number of carbonyl (C=O) groups is 3. The molecule has 0 bridgehead atoms. The van der Waals surface area contributed by atoms with E-state index in [1.807, 2.05) is 13.8 Å². The standard InChI is InChI=1S/C36H30Cl2N2O8S/c1-5-45-33(43)28-19(2)39-35-40(30(28)21-10-14-23(15-11-21)47-32(42)25-7-6-16-46-25)31(41)26(49-35)17-20-8-12-22(13-9-20)48-34(44)29-24(18-27(37)38)36(29,3)4/h6-18,24,29-30H,5H2,1-4H3/b26-17+/t24-,29-,30-/m0/s1. The van der Waals surface area contributed by atoms with Gasteiger partial charge in [0.25, 0.3) is 5.56 Å². The second kappa shape index (κ2) is 13.7. The minimum Gasteiger partial charge on any atom is -0.463 e. The Morgan fingerprint density at radius 3 is 2.31 bits per heavy atom. The van der Waals surface area contributed by atoms with Crippen LogP contribution in [0.3, 0.4) is 0 Å². The fraction of sp³-hybridized carbons (Fsp3) is 0.250. The molecule has 6 rings (SSSR count). The summed E-state index contributed by atoms with van der Waals surface area (Å²) in [5.41, 5.74) is 1.22. The molecule has 1 saturated carbocycles. The Hall–Kier alpha value is -4.71. The number of ether oxygens (including phenoxy) is 3. The summed E-state index contributed by atoms with van der Waals surface area (Å²) in [6.45, 7) is 7.43. The zero-order valence-corrected chi connectivity index (χ0v) is 29.1. The number of esters is 3. The van der Waals surface area contributed by atoms with Crippen molar-refractivity contribution >= 4 is 58.5 Å². The molecule has 1 aliphatic carbocycles. The molecule has 2 aromatic heterocycles. The number of carbonyl (C=O) groups excluding carboxylic acids is 3. The predicted octanol–water partition coefficient (Wildman–Crippen LogP) is 6.11. The fourth-order valence-corrected chi connectivity index (χ4v) is 7.23. The number of aromatic nitrogens is 1. The Kier molecular flexibility index (Phi) is 9.52. The van der Waals surface area contributed by atoms with Crippen molar-refractivity contribution in [2.75, 3.05) is 6.61 Å². The summed E-state index contributed by atoms with van der Waals surface area (Å²) in [5, 5.41) is 0. The van der Waals surface area contributed by atoms with Crippen LogP contribution in [0.1, 0.15) is 55.4 Å². The maximum atomic E-state index is 14.0. The van der Waals surface area contributed by atoms with Gasteiger partial charge in [0.1, 0.15) is 16.0 Å². The van der Waals surface area contributed by atoms with E-state index in [0.29, 0.717) is 31.9 Å². The Morgan fingerprint density at radius 1 is 1.00 bits per heavy atom. The molecule has 1 aliphatic heterocycles. The van der Waals surface area contributed by atoms with E-state index in [2.05, 4.69) is 4.99 Å². The van der Waals surface area contributed by atoms with Crippen LogP contribution in [0.2, 0.25) is 0 Å². The third-order valence-electron chi connectivity index (χ3n) is 8.51. The molecule has 3 heterocycles. The van der Waals surface area contributed by atoms with Gasteiger partial charge in [0.05, 0.1) is 40.6 Å². The highest BCUT2D eigenvalue weighted by molar-refractivity contribution is 7.07. The number of hydrogen-bond donors (Lipinski definition) is 0. The van der Waals surface area contributed by atoms with Crippen LogP contribution in [0.4, 0.5) is 0 Å². The molecular weight excluding hydrogens is 691 g/mol. The number of benzene rings is 2. The molecule has 3 atom stereocenters. The third-order valence-corrected chi connectivity index (χ3v) is 9.75. The molecule has 252 valence electrons. The molecule has 0 radical (unpaired) electrons. The van der Waals surface area contributed by atoms with Gasteiger partial charge in [-0.25, -0.2) is 14.6 Å². The zero-order valence-electron chi connectivity index (χ0n) is 26.8. The van der Waals surface area contributed by atoms with E-state index < -0.39 is 18.0 Å². The van der Waals surface area contributed by atoms with Gasteiger partial charge in [-0.1, -0.05) is 72.7 Å². The number of nitrogens with zero attached hydrogens (tertiary/aromatic N) is 2. The summed E-state index contributed by atoms with van der Waals surface area (Å²) < 4.78 is 23.5. The van der Waals surface area contributed by atoms with E-state index in [-0.39, 0.29) is 57.0 Å². The Labute approximate surface area is 294 Å². The van der Waals surface area contributed by atoms with Gasteiger partial charge < -0.3 is 18.6 Å². The maximum Gasteiger partial charge on any atom is 0.379 e. The zero-order chi connectivity index (χ0) is 35.0. The van der Waals surface area contributed by atoms with Crippen LogP contribution < -0.4 is 24.4 Å². The van der Waals surface area contributed by atoms with Gasteiger partial charge in [-0.2, -0.15) is 0 Å². The van der Waals surface area contributed by atoms with Gasteiger partial charge in [-0.05, 0) is 84.9 Å². The van der Waals surface area contributed by atoms with Crippen LogP contribution in [0.25, 0.3) is 6.08 Å². The topological polar surface area (TPSA) is 126 Å². The predicted molar refractivity (Wildman–Crippen MR) is 183 cm³/mol. The monoisotopic (exact) mass is 720 g/mol. The molecule has 0 unspecified atom stereocenters. The van der Waals surface area contributed by atoms with Gasteiger partial charge in [0.2, 0.25) is 5.76 Å². The highest BCUT2D eigenvalue weighted by Gasteiger charge is 2.61. The lowest BCUT2D eigenvalue weighted by molar-refractivity contribution is -0.139. The van der Waals surface area contributed by atoms with Gasteiger partial charge in [0, 0.05) is 0 Å². The lowest BCUT2D eigenvalue weighted by atomic mass is 9.96. The summed E-state index contributed by atoms with van der Waals surface area (Å²) in [4.78, 5) is 57.4. The van der Waals surface area contributed by atoms with Gasteiger partial charge >= 0.3 is 17.9 Å². The molecular formula is C36H30Cl2N2O8S. The molecule has 10 nitrogen and oxygen atoms in total. The van der Waals surface area contributed by atoms with Crippen molar-refractivity contribution in [3.63, 3.8) is 0 Å². The second-order valence-electron chi connectivity index (χ2n) is 12.0. The van der Waals surface area contributed by atoms with Crippen molar-refractivity contribution in [1.29, 1.82) is 0 Å². The number of hydrogen-bond acceptors (Lipinski definition) is 10. The minimum absolute atomic E-state index is 0.0528. The third kappa shape index (κ3) is 6.92. The normalized spacial score (nSPS) is 19.4. The van der Waals surface area contributed by atoms with Crippen molar-refractivity contribution < 1.29 is 33.0 Å². The van der Waals surface area contributed by atoms with E-state index in [0.717, 1.165) is 0 Å². The van der Waals surface area contributed by atoms with Crippen LogP contribution in [0.5, 0.6) is 11.5 Å². The maximum absolute atomic E-state index is 14.0. The van der Waals surface area contributed by atoms with Crippen LogP contribution in [-0.2, 0) is 14.3 Å². The summed E-state index contributed by atoms with van der Waals surface area (Å²) in [7, 11) is 0. The van der Waals surface area contributed by atoms with Crippen LogP contribution in [0.15, 0.2) is 103 Å². The smallest absolute Gasteiger partial charge is 0.379 e. The Bertz CT molecular complexity index is 2180. The highest BCUT2D eigenvalue weighted by atomic mass is 35.5. The first kappa shape index (κ1) is 34.2. The fourth-order valence-electron chi connectivity index (χ4n) is 5.91. The molecule has 2 aromatic carbocycles. The van der Waals surface area contributed by atoms with E-state index in [9.17, 15) is 19.2 Å². The van der Waals surface area contributed by atoms with Crippen molar-refractivity contribution in [2.45, 2.75) is 33.7 Å². The molecule has 0 amide bonds.